The number of aromatic carboxylic acids is 1. The van der Waals surface area contributed by atoms with Gasteiger partial charge in [-0.3, -0.25) is 4.90 Å². The van der Waals surface area contributed by atoms with E-state index in [4.69, 9.17) is 9.84 Å². The van der Waals surface area contributed by atoms with E-state index in [1.54, 1.807) is 32.4 Å². The standard InChI is InChI=1S/C16H22N2O.C8H9NO2/c1-12-10-15(19-2)14(13-6-7-17-16(12)13)11-18-8-4-3-5-9-18;1-9-7-4-2-3-6(5-7)8(10)11/h6-7,10,17H,3-5,8-9,11H2,1-2H3;2-5,9H,1H3,(H,10,11). The number of methoxy groups -OCH3 is 1. The van der Waals surface area contributed by atoms with Crippen LogP contribution in [0.3, 0.4) is 0 Å². The fourth-order valence-corrected chi connectivity index (χ4v) is 3.93. The molecule has 4 rings (SSSR count). The van der Waals surface area contributed by atoms with E-state index < -0.39 is 5.97 Å². The SMILES string of the molecule is CNc1cccc(C(=O)O)c1.COc1cc(C)c2[nH]ccc2c1CN1CCCCC1. The Bertz CT molecular complexity index is 991. The molecule has 160 valence electrons. The minimum atomic E-state index is -0.901. The Labute approximate surface area is 177 Å². The molecule has 0 spiro atoms. The molecule has 0 amide bonds. The van der Waals surface area contributed by atoms with Crippen molar-refractivity contribution in [3.05, 3.63) is 59.3 Å². The maximum Gasteiger partial charge on any atom is 0.335 e. The first-order chi connectivity index (χ1) is 14.5. The van der Waals surface area contributed by atoms with E-state index in [0.717, 1.165) is 18.0 Å². The summed E-state index contributed by atoms with van der Waals surface area (Å²) in [5, 5.41) is 12.7. The highest BCUT2D eigenvalue weighted by atomic mass is 16.5. The van der Waals surface area contributed by atoms with Crippen LogP contribution in [0.1, 0.15) is 40.7 Å². The van der Waals surface area contributed by atoms with Gasteiger partial charge in [0.15, 0.2) is 0 Å². The Hall–Kier alpha value is -2.99. The summed E-state index contributed by atoms with van der Waals surface area (Å²) in [7, 11) is 3.52. The van der Waals surface area contributed by atoms with Gasteiger partial charge in [0.1, 0.15) is 5.75 Å². The van der Waals surface area contributed by atoms with E-state index in [1.807, 2.05) is 12.3 Å². The van der Waals surface area contributed by atoms with Gasteiger partial charge in [0.25, 0.3) is 0 Å². The molecule has 0 unspecified atom stereocenters. The maximum atomic E-state index is 10.4. The van der Waals surface area contributed by atoms with E-state index >= 15 is 0 Å². The Morgan fingerprint density at radius 3 is 2.63 bits per heavy atom. The fraction of sp³-hybridized carbons (Fsp3) is 0.375. The van der Waals surface area contributed by atoms with Crippen molar-refractivity contribution in [3.8, 4) is 5.75 Å². The molecule has 0 saturated carbocycles. The van der Waals surface area contributed by atoms with E-state index in [1.165, 1.54) is 54.4 Å². The average Bonchev–Trinajstić information content (AvgIpc) is 3.27. The molecule has 0 aliphatic carbocycles. The topological polar surface area (TPSA) is 77.6 Å². The zero-order valence-corrected chi connectivity index (χ0v) is 18.0. The zero-order valence-electron chi connectivity index (χ0n) is 18.0. The van der Waals surface area contributed by atoms with Crippen molar-refractivity contribution in [2.45, 2.75) is 32.7 Å². The molecule has 6 nitrogen and oxygen atoms in total. The van der Waals surface area contributed by atoms with Gasteiger partial charge in [-0.2, -0.15) is 0 Å². The Morgan fingerprint density at radius 2 is 1.97 bits per heavy atom. The van der Waals surface area contributed by atoms with Crippen LogP contribution in [-0.4, -0.2) is 48.2 Å². The molecule has 2 aromatic carbocycles. The fourth-order valence-electron chi connectivity index (χ4n) is 3.93. The summed E-state index contributed by atoms with van der Waals surface area (Å²) >= 11 is 0. The van der Waals surface area contributed by atoms with Crippen molar-refractivity contribution in [1.82, 2.24) is 9.88 Å². The van der Waals surface area contributed by atoms with Gasteiger partial charge >= 0.3 is 5.97 Å². The van der Waals surface area contributed by atoms with Crippen molar-refractivity contribution in [2.75, 3.05) is 32.6 Å². The second-order valence-electron chi connectivity index (χ2n) is 7.61. The Morgan fingerprint density at radius 1 is 1.20 bits per heavy atom. The lowest BCUT2D eigenvalue weighted by Gasteiger charge is -2.27. The van der Waals surface area contributed by atoms with Crippen molar-refractivity contribution in [3.63, 3.8) is 0 Å². The van der Waals surface area contributed by atoms with Crippen LogP contribution >= 0.6 is 0 Å². The van der Waals surface area contributed by atoms with E-state index in [2.05, 4.69) is 34.3 Å². The number of hydrogen-bond acceptors (Lipinski definition) is 4. The van der Waals surface area contributed by atoms with Gasteiger partial charge in [-0.15, -0.1) is 0 Å². The summed E-state index contributed by atoms with van der Waals surface area (Å²) < 4.78 is 5.60. The third-order valence-electron chi connectivity index (χ3n) is 5.56. The van der Waals surface area contributed by atoms with Gasteiger partial charge in [0.05, 0.1) is 12.7 Å². The molecule has 0 radical (unpaired) electrons. The zero-order chi connectivity index (χ0) is 21.5. The third-order valence-corrected chi connectivity index (χ3v) is 5.56. The van der Waals surface area contributed by atoms with Crippen molar-refractivity contribution >= 4 is 22.6 Å². The van der Waals surface area contributed by atoms with E-state index in [-0.39, 0.29) is 0 Å². The van der Waals surface area contributed by atoms with Gasteiger partial charge in [0.2, 0.25) is 0 Å². The molecule has 30 heavy (non-hydrogen) atoms. The van der Waals surface area contributed by atoms with Crippen LogP contribution < -0.4 is 10.1 Å². The molecule has 1 aromatic heterocycles. The number of hydrogen-bond donors (Lipinski definition) is 3. The number of aromatic amines is 1. The molecule has 3 N–H and O–H groups in total. The molecule has 3 aromatic rings. The predicted octanol–water partition coefficient (Wildman–Crippen LogP) is 4.90. The molecule has 6 heteroatoms. The number of aromatic nitrogens is 1. The number of likely N-dealkylation sites (tertiary alicyclic amines) is 1. The van der Waals surface area contributed by atoms with Crippen LogP contribution in [0.2, 0.25) is 0 Å². The number of carboxylic acid groups (broad SMARTS) is 1. The summed E-state index contributed by atoms with van der Waals surface area (Å²) in [5.41, 5.74) is 4.93. The number of ether oxygens (including phenoxy) is 1. The van der Waals surface area contributed by atoms with Crippen LogP contribution in [0, 0.1) is 6.92 Å². The minimum Gasteiger partial charge on any atom is -0.496 e. The lowest BCUT2D eigenvalue weighted by atomic mass is 10.0. The number of nitrogens with zero attached hydrogens (tertiary/aromatic N) is 1. The molecule has 1 aliphatic heterocycles. The lowest BCUT2D eigenvalue weighted by molar-refractivity contribution is 0.0697. The third kappa shape index (κ3) is 5.13. The highest BCUT2D eigenvalue weighted by Crippen LogP contribution is 2.32. The number of H-pyrrole nitrogens is 1. The van der Waals surface area contributed by atoms with E-state index in [0.29, 0.717) is 5.56 Å². The first-order valence-corrected chi connectivity index (χ1v) is 10.4. The van der Waals surface area contributed by atoms with Crippen LogP contribution in [0.15, 0.2) is 42.6 Å². The maximum absolute atomic E-state index is 10.4. The highest BCUT2D eigenvalue weighted by molar-refractivity contribution is 5.89. The molecule has 1 fully saturated rings. The minimum absolute atomic E-state index is 0.303. The number of rotatable bonds is 5. The number of piperidine rings is 1. The number of anilines is 1. The normalized spacial score (nSPS) is 14.1. The first-order valence-electron chi connectivity index (χ1n) is 10.4. The summed E-state index contributed by atoms with van der Waals surface area (Å²) in [5.74, 6) is 0.122. The number of fused-ring (bicyclic) bond motifs is 1. The van der Waals surface area contributed by atoms with E-state index in [9.17, 15) is 4.79 Å². The smallest absolute Gasteiger partial charge is 0.335 e. The quantitative estimate of drug-likeness (QED) is 0.559. The van der Waals surface area contributed by atoms with Crippen molar-refractivity contribution in [1.29, 1.82) is 0 Å². The molecule has 1 saturated heterocycles. The molecule has 0 atom stereocenters. The predicted molar refractivity (Wildman–Crippen MR) is 122 cm³/mol. The van der Waals surface area contributed by atoms with Crippen LogP contribution in [0.4, 0.5) is 5.69 Å². The second kappa shape index (κ2) is 10.2. The van der Waals surface area contributed by atoms with Gasteiger partial charge in [-0.25, -0.2) is 4.79 Å². The highest BCUT2D eigenvalue weighted by Gasteiger charge is 2.17. The van der Waals surface area contributed by atoms with Gasteiger partial charge in [0, 0.05) is 41.9 Å². The number of benzene rings is 2. The Balaban J connectivity index is 0.000000199. The molecule has 2 heterocycles. The lowest BCUT2D eigenvalue weighted by Crippen LogP contribution is -2.29. The summed E-state index contributed by atoms with van der Waals surface area (Å²) in [6.07, 6.45) is 6.05. The monoisotopic (exact) mass is 409 g/mol. The van der Waals surface area contributed by atoms with Crippen LogP contribution in [-0.2, 0) is 6.54 Å². The Kier molecular flexibility index (Phi) is 7.36. The van der Waals surface area contributed by atoms with Gasteiger partial charge < -0.3 is 20.1 Å². The number of nitrogens with one attached hydrogen (secondary N) is 2. The van der Waals surface area contributed by atoms with Crippen LogP contribution in [0.25, 0.3) is 10.9 Å². The average molecular weight is 410 g/mol. The molecular formula is C24H31N3O3. The van der Waals surface area contributed by atoms with Gasteiger partial charge in [-0.1, -0.05) is 12.5 Å². The molecule has 0 bridgehead atoms. The number of aryl methyl sites for hydroxylation is 1. The van der Waals surface area contributed by atoms with Gasteiger partial charge in [-0.05, 0) is 68.8 Å². The largest absolute Gasteiger partial charge is 0.496 e. The molecule has 1 aliphatic rings. The van der Waals surface area contributed by atoms with Crippen molar-refractivity contribution < 1.29 is 14.6 Å². The second-order valence-corrected chi connectivity index (χ2v) is 7.61. The number of carboxylic acids is 1. The summed E-state index contributed by atoms with van der Waals surface area (Å²) in [6.45, 7) is 5.55. The van der Waals surface area contributed by atoms with Crippen LogP contribution in [0.5, 0.6) is 5.75 Å². The van der Waals surface area contributed by atoms with Crippen molar-refractivity contribution in [2.24, 2.45) is 0 Å². The summed E-state index contributed by atoms with van der Waals surface area (Å²) in [4.78, 5) is 16.3. The summed E-state index contributed by atoms with van der Waals surface area (Å²) in [6, 6.07) is 11.0. The molecular weight excluding hydrogens is 378 g/mol. The first kappa shape index (κ1) is 21.7. The number of carbonyl (C=O) groups is 1.